The maximum Gasteiger partial charge on any atom is 0.263 e. The van der Waals surface area contributed by atoms with Gasteiger partial charge < -0.3 is 0 Å². The zero-order valence-corrected chi connectivity index (χ0v) is 17.4. The fourth-order valence-electron chi connectivity index (χ4n) is 2.43. The van der Waals surface area contributed by atoms with Crippen LogP contribution < -0.4 is 4.72 Å². The molecule has 0 aliphatic heterocycles. The van der Waals surface area contributed by atoms with E-state index < -0.39 is 10.0 Å². The Kier molecular flexibility index (Phi) is 5.25. The number of halogens is 2. The van der Waals surface area contributed by atoms with Gasteiger partial charge in [0.05, 0.1) is 26.3 Å². The van der Waals surface area contributed by atoms with Crippen LogP contribution in [0.1, 0.15) is 26.5 Å². The quantitative estimate of drug-likeness (QED) is 0.620. The van der Waals surface area contributed by atoms with Crippen molar-refractivity contribution >= 4 is 39.0 Å². The highest BCUT2D eigenvalue weighted by molar-refractivity contribution is 7.92. The summed E-state index contributed by atoms with van der Waals surface area (Å²) in [5.74, 6) is 0.345. The third-order valence-electron chi connectivity index (χ3n) is 3.92. The maximum absolute atomic E-state index is 12.9. The molecule has 3 rings (SSSR count). The van der Waals surface area contributed by atoms with Gasteiger partial charge in [0.15, 0.2) is 0 Å². The fraction of sp³-hybridized carbons (Fsp3) is 0.211. The van der Waals surface area contributed by atoms with Gasteiger partial charge in [-0.15, -0.1) is 0 Å². The van der Waals surface area contributed by atoms with Crippen LogP contribution in [0.15, 0.2) is 59.5 Å². The third kappa shape index (κ3) is 4.29. The van der Waals surface area contributed by atoms with E-state index in [1.165, 1.54) is 18.2 Å². The van der Waals surface area contributed by atoms with Gasteiger partial charge in [0.25, 0.3) is 10.0 Å². The summed E-state index contributed by atoms with van der Waals surface area (Å²) in [6.45, 7) is 6.05. The van der Waals surface area contributed by atoms with E-state index in [-0.39, 0.29) is 15.3 Å². The second-order valence-electron chi connectivity index (χ2n) is 7.09. The lowest BCUT2D eigenvalue weighted by Crippen LogP contribution is -2.16. The van der Waals surface area contributed by atoms with Crippen LogP contribution >= 0.6 is 23.2 Å². The van der Waals surface area contributed by atoms with E-state index in [0.29, 0.717) is 10.8 Å². The van der Waals surface area contributed by atoms with Gasteiger partial charge in [0, 0.05) is 11.5 Å². The number of rotatable bonds is 4. The molecule has 3 aromatic rings. The standard InChI is InChI=1S/C19H19Cl2N3O2S/c1-19(2,3)17-12-18(24(22-17)13-7-5-4-6-8-13)23-27(25,26)14-9-10-15(20)16(21)11-14/h4-12,23H,1-3H3. The summed E-state index contributed by atoms with van der Waals surface area (Å²) in [5, 5.41) is 5.07. The van der Waals surface area contributed by atoms with Gasteiger partial charge >= 0.3 is 0 Å². The highest BCUT2D eigenvalue weighted by Crippen LogP contribution is 2.29. The molecule has 142 valence electrons. The number of nitrogens with zero attached hydrogens (tertiary/aromatic N) is 2. The number of nitrogens with one attached hydrogen (secondary N) is 1. The van der Waals surface area contributed by atoms with E-state index in [0.717, 1.165) is 11.4 Å². The molecule has 0 radical (unpaired) electrons. The summed E-state index contributed by atoms with van der Waals surface area (Å²) in [4.78, 5) is 0.0232. The first-order valence-corrected chi connectivity index (χ1v) is 10.5. The van der Waals surface area contributed by atoms with Crippen molar-refractivity contribution in [3.63, 3.8) is 0 Å². The second-order valence-corrected chi connectivity index (χ2v) is 9.59. The molecule has 2 aromatic carbocycles. The van der Waals surface area contributed by atoms with Crippen LogP contribution in [-0.2, 0) is 15.4 Å². The van der Waals surface area contributed by atoms with Crippen LogP contribution in [0, 0.1) is 0 Å². The number of anilines is 1. The first-order chi connectivity index (χ1) is 12.6. The van der Waals surface area contributed by atoms with E-state index in [9.17, 15) is 8.42 Å². The van der Waals surface area contributed by atoms with Gasteiger partial charge in [-0.2, -0.15) is 5.10 Å². The van der Waals surface area contributed by atoms with Crippen molar-refractivity contribution in [1.82, 2.24) is 9.78 Å². The summed E-state index contributed by atoms with van der Waals surface area (Å²) < 4.78 is 29.9. The average molecular weight is 424 g/mol. The Hall–Kier alpha value is -2.02. The normalized spacial score (nSPS) is 12.2. The molecule has 0 aliphatic rings. The molecule has 0 aliphatic carbocycles. The predicted molar refractivity (Wildman–Crippen MR) is 110 cm³/mol. The average Bonchev–Trinajstić information content (AvgIpc) is 3.01. The molecule has 1 heterocycles. The molecule has 0 amide bonds. The molecule has 1 aromatic heterocycles. The lowest BCUT2D eigenvalue weighted by Gasteiger charge is -2.14. The molecular formula is C19H19Cl2N3O2S. The van der Waals surface area contributed by atoms with Gasteiger partial charge in [-0.25, -0.2) is 13.1 Å². The Labute approximate surface area is 169 Å². The third-order valence-corrected chi connectivity index (χ3v) is 6.01. The van der Waals surface area contributed by atoms with Gasteiger partial charge in [0.2, 0.25) is 0 Å². The SMILES string of the molecule is CC(C)(C)c1cc(NS(=O)(=O)c2ccc(Cl)c(Cl)c2)n(-c2ccccc2)n1. The Balaban J connectivity index is 2.07. The molecule has 0 fully saturated rings. The molecule has 0 saturated carbocycles. The minimum absolute atomic E-state index is 0.0232. The minimum atomic E-state index is -3.87. The zero-order valence-electron chi connectivity index (χ0n) is 15.1. The maximum atomic E-state index is 12.9. The molecule has 1 N–H and O–H groups in total. The van der Waals surface area contributed by atoms with Crippen LogP contribution in [0.2, 0.25) is 10.0 Å². The summed E-state index contributed by atoms with van der Waals surface area (Å²) >= 11 is 11.9. The fourth-order valence-corrected chi connectivity index (χ4v) is 3.85. The van der Waals surface area contributed by atoms with Gasteiger partial charge in [-0.3, -0.25) is 4.72 Å². The molecule has 0 unspecified atom stereocenters. The van der Waals surface area contributed by atoms with Crippen molar-refractivity contribution < 1.29 is 8.42 Å². The number of sulfonamides is 1. The molecule has 27 heavy (non-hydrogen) atoms. The molecule has 0 bridgehead atoms. The molecule has 0 atom stereocenters. The smallest absolute Gasteiger partial charge is 0.263 e. The molecule has 8 heteroatoms. The lowest BCUT2D eigenvalue weighted by molar-refractivity contribution is 0.560. The zero-order chi connectivity index (χ0) is 19.8. The lowest BCUT2D eigenvalue weighted by atomic mass is 9.92. The van der Waals surface area contributed by atoms with Crippen molar-refractivity contribution in [3.05, 3.63) is 70.3 Å². The highest BCUT2D eigenvalue weighted by Gasteiger charge is 2.24. The Morgan fingerprint density at radius 3 is 2.22 bits per heavy atom. The predicted octanol–water partition coefficient (Wildman–Crippen LogP) is 5.28. The van der Waals surface area contributed by atoms with E-state index >= 15 is 0 Å². The van der Waals surface area contributed by atoms with Crippen LogP contribution in [-0.4, -0.2) is 18.2 Å². The first-order valence-electron chi connectivity index (χ1n) is 8.22. The van der Waals surface area contributed by atoms with Crippen molar-refractivity contribution in [2.45, 2.75) is 31.1 Å². The van der Waals surface area contributed by atoms with Crippen molar-refractivity contribution in [1.29, 1.82) is 0 Å². The Morgan fingerprint density at radius 2 is 1.63 bits per heavy atom. The van der Waals surface area contributed by atoms with E-state index in [4.69, 9.17) is 23.2 Å². The van der Waals surface area contributed by atoms with Gasteiger partial charge in [-0.1, -0.05) is 62.2 Å². The van der Waals surface area contributed by atoms with Crippen LogP contribution in [0.4, 0.5) is 5.82 Å². The largest absolute Gasteiger partial charge is 0.263 e. The first kappa shape index (κ1) is 19.7. The van der Waals surface area contributed by atoms with E-state index in [2.05, 4.69) is 9.82 Å². The van der Waals surface area contributed by atoms with E-state index in [1.54, 1.807) is 10.7 Å². The highest BCUT2D eigenvalue weighted by atomic mass is 35.5. The number of hydrogen-bond donors (Lipinski definition) is 1. The summed E-state index contributed by atoms with van der Waals surface area (Å²) in [7, 11) is -3.87. The van der Waals surface area contributed by atoms with Gasteiger partial charge in [0.1, 0.15) is 5.82 Å². The molecular weight excluding hydrogens is 405 g/mol. The van der Waals surface area contributed by atoms with Crippen molar-refractivity contribution in [3.8, 4) is 5.69 Å². The molecule has 0 spiro atoms. The number of aromatic nitrogens is 2. The number of para-hydroxylation sites is 1. The van der Waals surface area contributed by atoms with Gasteiger partial charge in [-0.05, 0) is 30.3 Å². The Morgan fingerprint density at radius 1 is 0.963 bits per heavy atom. The monoisotopic (exact) mass is 423 g/mol. The minimum Gasteiger partial charge on any atom is -0.263 e. The van der Waals surface area contributed by atoms with Crippen LogP contribution in [0.5, 0.6) is 0 Å². The summed E-state index contributed by atoms with van der Waals surface area (Å²) in [6, 6.07) is 15.3. The Bertz CT molecular complexity index is 1070. The summed E-state index contributed by atoms with van der Waals surface area (Å²) in [6.07, 6.45) is 0. The summed E-state index contributed by atoms with van der Waals surface area (Å²) in [5.41, 5.74) is 1.27. The molecule has 0 saturated heterocycles. The van der Waals surface area contributed by atoms with Crippen LogP contribution in [0.25, 0.3) is 5.69 Å². The van der Waals surface area contributed by atoms with Crippen molar-refractivity contribution in [2.24, 2.45) is 0 Å². The molecule has 5 nitrogen and oxygen atoms in total. The van der Waals surface area contributed by atoms with Crippen molar-refractivity contribution in [2.75, 3.05) is 4.72 Å². The topological polar surface area (TPSA) is 64.0 Å². The van der Waals surface area contributed by atoms with E-state index in [1.807, 2.05) is 51.1 Å². The number of benzene rings is 2. The number of hydrogen-bond acceptors (Lipinski definition) is 3. The second kappa shape index (κ2) is 7.19. The van der Waals surface area contributed by atoms with Crippen LogP contribution in [0.3, 0.4) is 0 Å².